The molecule has 1 N–H and O–H groups in total. The molecular weight excluding hydrogens is 422 g/mol. The molecule has 2 heterocycles. The molecule has 0 aliphatic carbocycles. The summed E-state index contributed by atoms with van der Waals surface area (Å²) < 4.78 is 39.3. The van der Waals surface area contributed by atoms with Crippen molar-refractivity contribution in [2.24, 2.45) is 4.99 Å². The van der Waals surface area contributed by atoms with Crippen LogP contribution in [0.15, 0.2) is 57.6 Å². The van der Waals surface area contributed by atoms with Crippen molar-refractivity contribution in [2.75, 3.05) is 33.0 Å². The fourth-order valence-corrected chi connectivity index (χ4v) is 5.08. The van der Waals surface area contributed by atoms with E-state index in [0.29, 0.717) is 18.7 Å². The van der Waals surface area contributed by atoms with Gasteiger partial charge in [-0.25, -0.2) is 8.42 Å². The average Bonchev–Trinajstić information content (AvgIpc) is 3.23. The van der Waals surface area contributed by atoms with E-state index in [1.54, 1.807) is 36.0 Å². The minimum absolute atomic E-state index is 0.139. The molecule has 0 amide bonds. The first kappa shape index (κ1) is 22.5. The van der Waals surface area contributed by atoms with Gasteiger partial charge in [0.2, 0.25) is 0 Å². The molecule has 1 aromatic carbocycles. The number of amidine groups is 1. The maximum atomic E-state index is 12.7. The van der Waals surface area contributed by atoms with Crippen molar-refractivity contribution in [3.8, 4) is 0 Å². The van der Waals surface area contributed by atoms with Crippen molar-refractivity contribution < 1.29 is 17.6 Å². The maximum absolute atomic E-state index is 12.7. The predicted molar refractivity (Wildman–Crippen MR) is 122 cm³/mol. The molecule has 0 saturated carbocycles. The predicted octanol–water partition coefficient (Wildman–Crippen LogP) is 3.31. The Balaban J connectivity index is 1.63. The van der Waals surface area contributed by atoms with Gasteiger partial charge in [0, 0.05) is 5.75 Å². The Hall–Kier alpha value is -2.23. The number of furan rings is 1. The molecule has 0 bridgehead atoms. The standard InChI is InChI=1S/C21H27N3O4S2/c1-4-27-19-20(16-8-6-5-7-9-16)30(25,26)23-21(19)22-12-13-29-15-18-11-10-17(28-18)14-24(2)3/h5-11H,4,12-15H2,1-3H3,(H,22,23). The summed E-state index contributed by atoms with van der Waals surface area (Å²) >= 11 is 1.69. The minimum atomic E-state index is -3.71. The van der Waals surface area contributed by atoms with Crippen LogP contribution in [0.4, 0.5) is 0 Å². The maximum Gasteiger partial charge on any atom is 0.267 e. The summed E-state index contributed by atoms with van der Waals surface area (Å²) in [5.41, 5.74) is 0.583. The lowest BCUT2D eigenvalue weighted by Crippen LogP contribution is -2.24. The number of thioether (sulfide) groups is 1. The number of rotatable bonds is 10. The molecule has 9 heteroatoms. The molecule has 162 valence electrons. The summed E-state index contributed by atoms with van der Waals surface area (Å²) in [6.07, 6.45) is 0. The van der Waals surface area contributed by atoms with E-state index in [4.69, 9.17) is 9.15 Å². The number of nitrogens with one attached hydrogen (secondary N) is 1. The van der Waals surface area contributed by atoms with Crippen molar-refractivity contribution in [3.63, 3.8) is 0 Å². The van der Waals surface area contributed by atoms with Crippen molar-refractivity contribution in [2.45, 2.75) is 19.2 Å². The highest BCUT2D eigenvalue weighted by molar-refractivity contribution is 8.00. The molecule has 0 spiro atoms. The van der Waals surface area contributed by atoms with Crippen LogP contribution < -0.4 is 4.72 Å². The van der Waals surface area contributed by atoms with Crippen LogP contribution >= 0.6 is 11.8 Å². The Bertz CT molecular complexity index is 1010. The van der Waals surface area contributed by atoms with Crippen LogP contribution in [0, 0.1) is 0 Å². The molecule has 0 radical (unpaired) electrons. The Morgan fingerprint density at radius 3 is 2.57 bits per heavy atom. The van der Waals surface area contributed by atoms with Crippen molar-refractivity contribution in [1.82, 2.24) is 9.62 Å². The van der Waals surface area contributed by atoms with Gasteiger partial charge in [0.1, 0.15) is 16.4 Å². The zero-order valence-electron chi connectivity index (χ0n) is 17.4. The van der Waals surface area contributed by atoms with Crippen molar-refractivity contribution >= 4 is 32.5 Å². The number of ether oxygens (including phenoxy) is 1. The van der Waals surface area contributed by atoms with Gasteiger partial charge in [-0.05, 0) is 38.7 Å². The number of sulfonamides is 1. The van der Waals surface area contributed by atoms with Crippen LogP contribution in [-0.2, 0) is 27.1 Å². The quantitative estimate of drug-likeness (QED) is 0.560. The monoisotopic (exact) mass is 449 g/mol. The second-order valence-corrected chi connectivity index (χ2v) is 9.68. The van der Waals surface area contributed by atoms with Gasteiger partial charge in [-0.15, -0.1) is 0 Å². The van der Waals surface area contributed by atoms with E-state index < -0.39 is 10.0 Å². The summed E-state index contributed by atoms with van der Waals surface area (Å²) in [5, 5.41) is 0. The topological polar surface area (TPSA) is 84.1 Å². The van der Waals surface area contributed by atoms with E-state index in [1.165, 1.54) is 0 Å². The lowest BCUT2D eigenvalue weighted by atomic mass is 10.2. The highest BCUT2D eigenvalue weighted by Crippen LogP contribution is 2.30. The summed E-state index contributed by atoms with van der Waals surface area (Å²) in [4.78, 5) is 6.65. The van der Waals surface area contributed by atoms with Gasteiger partial charge < -0.3 is 14.1 Å². The largest absolute Gasteiger partial charge is 0.489 e. The average molecular weight is 450 g/mol. The first-order chi connectivity index (χ1) is 14.4. The molecule has 0 saturated heterocycles. The van der Waals surface area contributed by atoms with Crippen LogP contribution in [0.1, 0.15) is 24.0 Å². The van der Waals surface area contributed by atoms with E-state index in [2.05, 4.69) is 14.6 Å². The smallest absolute Gasteiger partial charge is 0.267 e. The molecule has 0 atom stereocenters. The first-order valence-electron chi connectivity index (χ1n) is 9.71. The van der Waals surface area contributed by atoms with E-state index in [0.717, 1.165) is 29.6 Å². The molecule has 0 unspecified atom stereocenters. The van der Waals surface area contributed by atoms with E-state index in [9.17, 15) is 8.42 Å². The second-order valence-electron chi connectivity index (χ2n) is 6.95. The lowest BCUT2D eigenvalue weighted by Gasteiger charge is -2.06. The lowest BCUT2D eigenvalue weighted by molar-refractivity contribution is 0.251. The Morgan fingerprint density at radius 2 is 1.87 bits per heavy atom. The van der Waals surface area contributed by atoms with Crippen LogP contribution in [0.2, 0.25) is 0 Å². The van der Waals surface area contributed by atoms with Crippen LogP contribution in [-0.4, -0.2) is 52.2 Å². The van der Waals surface area contributed by atoms with Gasteiger partial charge in [0.05, 0.1) is 25.4 Å². The van der Waals surface area contributed by atoms with Crippen LogP contribution in [0.3, 0.4) is 0 Å². The Morgan fingerprint density at radius 1 is 1.13 bits per heavy atom. The molecule has 7 nitrogen and oxygen atoms in total. The fraction of sp³-hybridized carbons (Fsp3) is 0.381. The normalized spacial score (nSPS) is 17.0. The Labute approximate surface area is 182 Å². The number of hydrogen-bond acceptors (Lipinski definition) is 7. The highest BCUT2D eigenvalue weighted by atomic mass is 32.2. The third kappa shape index (κ3) is 5.68. The number of hydrogen-bond donors (Lipinski definition) is 1. The minimum Gasteiger partial charge on any atom is -0.489 e. The molecule has 1 aromatic heterocycles. The van der Waals surface area contributed by atoms with Crippen LogP contribution in [0.25, 0.3) is 4.91 Å². The summed E-state index contributed by atoms with van der Waals surface area (Å²) in [5.74, 6) is 3.89. The zero-order chi connectivity index (χ0) is 21.6. The van der Waals surface area contributed by atoms with Crippen molar-refractivity contribution in [3.05, 3.63) is 65.3 Å². The molecule has 2 aromatic rings. The van der Waals surface area contributed by atoms with E-state index >= 15 is 0 Å². The first-order valence-corrected chi connectivity index (χ1v) is 12.3. The molecular formula is C21H27N3O4S2. The summed E-state index contributed by atoms with van der Waals surface area (Å²) in [7, 11) is 0.298. The highest BCUT2D eigenvalue weighted by Gasteiger charge is 2.36. The molecule has 30 heavy (non-hydrogen) atoms. The van der Waals surface area contributed by atoms with Crippen LogP contribution in [0.5, 0.6) is 0 Å². The number of aliphatic imine (C=N–C) groups is 1. The molecule has 1 aliphatic heterocycles. The number of nitrogens with zero attached hydrogens (tertiary/aromatic N) is 2. The van der Waals surface area contributed by atoms with Gasteiger partial charge in [-0.3, -0.25) is 9.71 Å². The van der Waals surface area contributed by atoms with Gasteiger partial charge in [0.25, 0.3) is 10.0 Å². The summed E-state index contributed by atoms with van der Waals surface area (Å²) in [6.45, 7) is 3.41. The SMILES string of the molecule is CCOC1=C(c2ccccc2)S(=O)(=O)NC1=NCCSCc1ccc(CN(C)C)o1. The Kier molecular flexibility index (Phi) is 7.63. The number of benzene rings is 1. The molecule has 1 aliphatic rings. The van der Waals surface area contributed by atoms with E-state index in [-0.39, 0.29) is 16.5 Å². The van der Waals surface area contributed by atoms with Crippen molar-refractivity contribution in [1.29, 1.82) is 0 Å². The zero-order valence-corrected chi connectivity index (χ0v) is 19.1. The van der Waals surface area contributed by atoms with Gasteiger partial charge in [0.15, 0.2) is 11.6 Å². The third-order valence-corrected chi connectivity index (χ3v) is 6.57. The van der Waals surface area contributed by atoms with Gasteiger partial charge in [-0.1, -0.05) is 30.3 Å². The third-order valence-electron chi connectivity index (χ3n) is 4.18. The molecule has 0 fully saturated rings. The molecule has 3 rings (SSSR count). The fourth-order valence-electron chi connectivity index (χ4n) is 3.00. The van der Waals surface area contributed by atoms with Gasteiger partial charge in [-0.2, -0.15) is 11.8 Å². The van der Waals surface area contributed by atoms with Gasteiger partial charge >= 0.3 is 0 Å². The van der Waals surface area contributed by atoms with E-state index in [1.807, 2.05) is 39.2 Å². The summed E-state index contributed by atoms with van der Waals surface area (Å²) in [6, 6.07) is 12.9. The second kappa shape index (κ2) is 10.2.